The molecule has 31 heavy (non-hydrogen) atoms. The first-order valence-corrected chi connectivity index (χ1v) is 10.0. The van der Waals surface area contributed by atoms with E-state index in [1.807, 2.05) is 6.92 Å². The molecule has 0 aromatic carbocycles. The van der Waals surface area contributed by atoms with Crippen LogP contribution in [0.3, 0.4) is 0 Å². The molecule has 2 N–H and O–H groups in total. The second kappa shape index (κ2) is 9.37. The molecule has 0 fully saturated rings. The number of carbonyl (C=O) groups is 1. The third-order valence-electron chi connectivity index (χ3n) is 4.57. The van der Waals surface area contributed by atoms with E-state index in [-0.39, 0.29) is 16.9 Å². The molecule has 0 atom stereocenters. The number of rotatable bonds is 4. The minimum absolute atomic E-state index is 0.115. The molecule has 2 aromatic rings. The van der Waals surface area contributed by atoms with Crippen LogP contribution >= 0.6 is 11.8 Å². The minimum atomic E-state index is -5.08. The van der Waals surface area contributed by atoms with Crippen LogP contribution in [0.2, 0.25) is 0 Å². The average Bonchev–Trinajstić information content (AvgIpc) is 3.23. The Hall–Kier alpha value is -2.44. The quantitative estimate of drug-likeness (QED) is 0.398. The number of thioether (sulfide) groups is 1. The predicted molar refractivity (Wildman–Crippen MR) is 99.9 cm³/mol. The van der Waals surface area contributed by atoms with Gasteiger partial charge >= 0.3 is 18.3 Å². The van der Waals surface area contributed by atoms with E-state index in [9.17, 15) is 31.1 Å². The number of H-pyrrole nitrogens is 1. The van der Waals surface area contributed by atoms with Crippen molar-refractivity contribution in [2.45, 2.75) is 55.9 Å². The van der Waals surface area contributed by atoms with Gasteiger partial charge in [0, 0.05) is 24.1 Å². The van der Waals surface area contributed by atoms with Gasteiger partial charge in [-0.15, -0.1) is 0 Å². The number of nitrogens with one attached hydrogen (secondary N) is 1. The van der Waals surface area contributed by atoms with E-state index in [2.05, 4.69) is 9.97 Å². The number of aliphatic carboxylic acids is 1. The Morgan fingerprint density at radius 3 is 2.39 bits per heavy atom. The number of fused-ring (bicyclic) bond motifs is 1. The number of carboxylic acid groups (broad SMARTS) is 1. The molecule has 1 aliphatic carbocycles. The maximum atomic E-state index is 13.3. The summed E-state index contributed by atoms with van der Waals surface area (Å²) in [6, 6.07) is 1.58. The van der Waals surface area contributed by atoms with Gasteiger partial charge in [-0.2, -0.15) is 26.3 Å². The Balaban J connectivity index is 0.000000423. The molecule has 0 aliphatic heterocycles. The fraction of sp³-hybridized carbons (Fsp3) is 0.500. The molecule has 2 aromatic heterocycles. The summed E-state index contributed by atoms with van der Waals surface area (Å²) < 4.78 is 72.9. The second-order valence-electron chi connectivity index (χ2n) is 6.66. The van der Waals surface area contributed by atoms with Gasteiger partial charge < -0.3 is 14.7 Å². The third kappa shape index (κ3) is 6.05. The molecule has 0 saturated carbocycles. The second-order valence-corrected chi connectivity index (χ2v) is 7.63. The molecular formula is C18H19F6N3O3S. The number of halogens is 6. The van der Waals surface area contributed by atoms with Crippen LogP contribution in [0.5, 0.6) is 0 Å². The summed E-state index contributed by atoms with van der Waals surface area (Å²) >= 11 is 1.14. The fourth-order valence-corrected chi connectivity index (χ4v) is 4.03. The van der Waals surface area contributed by atoms with E-state index in [1.54, 1.807) is 6.07 Å². The molecule has 3 rings (SSSR count). The Labute approximate surface area is 176 Å². The number of hydrogen-bond donors (Lipinski definition) is 2. The SMILES string of the molecule is CCc1cc(CSc2nc3c(c(=O)[nH]2)CCC3)c(C(F)(F)F)n1C.O=C(O)C(F)(F)F. The zero-order valence-electron chi connectivity index (χ0n) is 16.4. The first-order valence-electron chi connectivity index (χ1n) is 9.05. The van der Waals surface area contributed by atoms with Gasteiger partial charge in [-0.1, -0.05) is 18.7 Å². The maximum Gasteiger partial charge on any atom is 0.490 e. The Kier molecular flexibility index (Phi) is 7.50. The molecule has 2 heterocycles. The van der Waals surface area contributed by atoms with E-state index in [0.29, 0.717) is 22.8 Å². The molecule has 13 heteroatoms. The van der Waals surface area contributed by atoms with Crippen molar-refractivity contribution >= 4 is 17.7 Å². The van der Waals surface area contributed by atoms with Crippen molar-refractivity contribution in [3.8, 4) is 0 Å². The van der Waals surface area contributed by atoms with Crippen molar-refractivity contribution < 1.29 is 36.2 Å². The monoisotopic (exact) mass is 471 g/mol. The number of aryl methyl sites for hydroxylation is 2. The lowest BCUT2D eigenvalue weighted by Crippen LogP contribution is -2.21. The molecule has 0 radical (unpaired) electrons. The average molecular weight is 471 g/mol. The summed E-state index contributed by atoms with van der Waals surface area (Å²) in [6.45, 7) is 1.83. The summed E-state index contributed by atoms with van der Waals surface area (Å²) in [6.07, 6.45) is -6.59. The van der Waals surface area contributed by atoms with E-state index >= 15 is 0 Å². The first kappa shape index (κ1) is 24.8. The molecule has 1 aliphatic rings. The molecule has 0 spiro atoms. The predicted octanol–water partition coefficient (Wildman–Crippen LogP) is 4.10. The smallest absolute Gasteiger partial charge is 0.475 e. The highest BCUT2D eigenvalue weighted by Crippen LogP contribution is 2.36. The number of nitrogens with zero attached hydrogens (tertiary/aromatic N) is 2. The largest absolute Gasteiger partial charge is 0.490 e. The maximum absolute atomic E-state index is 13.3. The molecule has 0 amide bonds. The lowest BCUT2D eigenvalue weighted by atomic mass is 10.2. The van der Waals surface area contributed by atoms with Crippen LogP contribution in [-0.2, 0) is 43.0 Å². The van der Waals surface area contributed by atoms with Crippen LogP contribution in [-0.4, -0.2) is 31.8 Å². The number of carboxylic acids is 1. The van der Waals surface area contributed by atoms with E-state index in [4.69, 9.17) is 9.90 Å². The summed E-state index contributed by atoms with van der Waals surface area (Å²) in [5.41, 5.74) is 1.54. The summed E-state index contributed by atoms with van der Waals surface area (Å²) in [4.78, 5) is 27.9. The number of alkyl halides is 6. The zero-order valence-corrected chi connectivity index (χ0v) is 17.3. The fourth-order valence-electron chi connectivity index (χ4n) is 3.18. The summed E-state index contributed by atoms with van der Waals surface area (Å²) in [5.74, 6) is -2.64. The van der Waals surface area contributed by atoms with E-state index < -0.39 is 24.0 Å². The highest BCUT2D eigenvalue weighted by molar-refractivity contribution is 7.98. The van der Waals surface area contributed by atoms with Crippen LogP contribution in [0.1, 0.15) is 41.6 Å². The van der Waals surface area contributed by atoms with Crippen molar-refractivity contribution in [2.75, 3.05) is 0 Å². The van der Waals surface area contributed by atoms with Gasteiger partial charge in [0.05, 0.1) is 5.69 Å². The van der Waals surface area contributed by atoms with Gasteiger partial charge in [0.1, 0.15) is 5.69 Å². The Morgan fingerprint density at radius 2 is 1.87 bits per heavy atom. The molecule has 0 unspecified atom stereocenters. The Morgan fingerprint density at radius 1 is 1.26 bits per heavy atom. The van der Waals surface area contributed by atoms with Gasteiger partial charge in [-0.3, -0.25) is 4.79 Å². The van der Waals surface area contributed by atoms with E-state index in [1.165, 1.54) is 11.6 Å². The molecule has 0 bridgehead atoms. The van der Waals surface area contributed by atoms with Crippen LogP contribution in [0.25, 0.3) is 0 Å². The standard InChI is InChI=1S/C16H18F3N3OS.C2HF3O2/c1-3-10-7-9(13(22(10)2)16(17,18)19)8-24-15-20-12-6-4-5-11(12)14(23)21-15;3-2(4,5)1(6)7/h7H,3-6,8H2,1-2H3,(H,20,21,23);(H,6,7). The van der Waals surface area contributed by atoms with Crippen molar-refractivity contribution in [2.24, 2.45) is 7.05 Å². The van der Waals surface area contributed by atoms with E-state index in [0.717, 1.165) is 36.7 Å². The minimum Gasteiger partial charge on any atom is -0.475 e. The van der Waals surface area contributed by atoms with Crippen molar-refractivity contribution in [3.05, 3.63) is 44.6 Å². The highest BCUT2D eigenvalue weighted by atomic mass is 32.2. The lowest BCUT2D eigenvalue weighted by molar-refractivity contribution is -0.192. The normalized spacial score (nSPS) is 13.5. The number of aromatic amines is 1. The third-order valence-corrected chi connectivity index (χ3v) is 5.49. The van der Waals surface area contributed by atoms with Crippen molar-refractivity contribution in [1.82, 2.24) is 14.5 Å². The van der Waals surface area contributed by atoms with Crippen LogP contribution < -0.4 is 5.56 Å². The van der Waals surface area contributed by atoms with Crippen LogP contribution in [0.15, 0.2) is 16.0 Å². The lowest BCUT2D eigenvalue weighted by Gasteiger charge is -2.12. The summed E-state index contributed by atoms with van der Waals surface area (Å²) in [5, 5.41) is 7.51. The highest BCUT2D eigenvalue weighted by Gasteiger charge is 2.38. The van der Waals surface area contributed by atoms with Crippen molar-refractivity contribution in [1.29, 1.82) is 0 Å². The molecular weight excluding hydrogens is 452 g/mol. The molecule has 0 saturated heterocycles. The first-order chi connectivity index (χ1) is 14.3. The van der Waals surface area contributed by atoms with Gasteiger partial charge in [-0.25, -0.2) is 9.78 Å². The van der Waals surface area contributed by atoms with Crippen LogP contribution in [0.4, 0.5) is 26.3 Å². The molecule has 6 nitrogen and oxygen atoms in total. The number of aromatic nitrogens is 3. The zero-order chi connectivity index (χ0) is 23.6. The van der Waals surface area contributed by atoms with Gasteiger partial charge in [0.2, 0.25) is 0 Å². The topological polar surface area (TPSA) is 88.0 Å². The Bertz CT molecular complexity index is 1010. The van der Waals surface area contributed by atoms with Gasteiger partial charge in [0.25, 0.3) is 5.56 Å². The van der Waals surface area contributed by atoms with Gasteiger partial charge in [-0.05, 0) is 37.3 Å². The van der Waals surface area contributed by atoms with Crippen molar-refractivity contribution in [3.63, 3.8) is 0 Å². The summed E-state index contributed by atoms with van der Waals surface area (Å²) in [7, 11) is 1.44. The van der Waals surface area contributed by atoms with Crippen LogP contribution in [0, 0.1) is 0 Å². The van der Waals surface area contributed by atoms with Gasteiger partial charge in [0.15, 0.2) is 5.16 Å². The molecule has 172 valence electrons. The number of hydrogen-bond acceptors (Lipinski definition) is 4.